The van der Waals surface area contributed by atoms with Crippen molar-refractivity contribution in [1.82, 2.24) is 5.16 Å². The van der Waals surface area contributed by atoms with Crippen molar-refractivity contribution in [1.29, 1.82) is 0 Å². The third-order valence-electron chi connectivity index (χ3n) is 2.50. The Hall–Kier alpha value is -2.70. The van der Waals surface area contributed by atoms with Crippen LogP contribution in [0.25, 0.3) is 0 Å². The van der Waals surface area contributed by atoms with Crippen molar-refractivity contribution in [2.24, 2.45) is 0 Å². The molecule has 0 radical (unpaired) electrons. The van der Waals surface area contributed by atoms with E-state index in [1.165, 1.54) is 0 Å². The molecule has 0 atom stereocenters. The fourth-order valence-electron chi connectivity index (χ4n) is 1.68. The van der Waals surface area contributed by atoms with Crippen molar-refractivity contribution in [3.63, 3.8) is 0 Å². The van der Waals surface area contributed by atoms with Gasteiger partial charge in [0.25, 0.3) is 0 Å². The summed E-state index contributed by atoms with van der Waals surface area (Å²) >= 11 is 0. The van der Waals surface area contributed by atoms with Gasteiger partial charge < -0.3 is 19.3 Å². The van der Waals surface area contributed by atoms with E-state index in [9.17, 15) is 4.79 Å². The van der Waals surface area contributed by atoms with E-state index in [1.54, 1.807) is 31.2 Å². The number of amides is 2. The van der Waals surface area contributed by atoms with Crippen LogP contribution < -0.4 is 20.1 Å². The zero-order chi connectivity index (χ0) is 13.2. The van der Waals surface area contributed by atoms with Gasteiger partial charge >= 0.3 is 6.03 Å². The van der Waals surface area contributed by atoms with Crippen LogP contribution in [0.2, 0.25) is 0 Å². The van der Waals surface area contributed by atoms with Gasteiger partial charge in [-0.3, -0.25) is 5.32 Å². The average Bonchev–Trinajstić information content (AvgIpc) is 2.97. The topological polar surface area (TPSA) is 85.6 Å². The van der Waals surface area contributed by atoms with Crippen molar-refractivity contribution in [3.8, 4) is 11.5 Å². The van der Waals surface area contributed by atoms with Gasteiger partial charge in [0.15, 0.2) is 17.3 Å². The Kier molecular flexibility index (Phi) is 2.71. The highest BCUT2D eigenvalue weighted by Crippen LogP contribution is 2.34. The zero-order valence-corrected chi connectivity index (χ0v) is 10.1. The number of hydrogen-bond donors (Lipinski definition) is 2. The van der Waals surface area contributed by atoms with Crippen LogP contribution in [0, 0.1) is 6.92 Å². The van der Waals surface area contributed by atoms with Crippen LogP contribution in [-0.2, 0) is 0 Å². The molecule has 1 aromatic heterocycles. The monoisotopic (exact) mass is 261 g/mol. The highest BCUT2D eigenvalue weighted by molar-refractivity contribution is 5.99. The van der Waals surface area contributed by atoms with Crippen molar-refractivity contribution in [3.05, 3.63) is 30.0 Å². The number of carbonyl (C=O) groups is 1. The molecule has 0 fully saturated rings. The van der Waals surface area contributed by atoms with E-state index in [-0.39, 0.29) is 6.79 Å². The molecule has 2 amide bonds. The molecule has 3 rings (SSSR count). The molecule has 2 heterocycles. The standard InChI is InChI=1S/C12H11N3O4/c1-7-4-11(15-19-7)14-12(16)13-8-2-3-9-10(5-8)18-6-17-9/h2-5H,6H2,1H3,(H2,13,14,15,16). The summed E-state index contributed by atoms with van der Waals surface area (Å²) in [6.07, 6.45) is 0. The minimum atomic E-state index is -0.410. The van der Waals surface area contributed by atoms with Gasteiger partial charge in [0.05, 0.1) is 0 Å². The zero-order valence-electron chi connectivity index (χ0n) is 10.1. The van der Waals surface area contributed by atoms with Crippen LogP contribution in [0.5, 0.6) is 11.5 Å². The minimum absolute atomic E-state index is 0.198. The quantitative estimate of drug-likeness (QED) is 0.866. The molecule has 98 valence electrons. The highest BCUT2D eigenvalue weighted by Gasteiger charge is 2.14. The van der Waals surface area contributed by atoms with Crippen molar-refractivity contribution in [2.45, 2.75) is 6.92 Å². The number of benzene rings is 1. The molecule has 1 aromatic carbocycles. The predicted molar refractivity (Wildman–Crippen MR) is 66.4 cm³/mol. The minimum Gasteiger partial charge on any atom is -0.454 e. The summed E-state index contributed by atoms with van der Waals surface area (Å²) in [4.78, 5) is 11.7. The summed E-state index contributed by atoms with van der Waals surface area (Å²) in [5, 5.41) is 8.88. The highest BCUT2D eigenvalue weighted by atomic mass is 16.7. The fourth-order valence-corrected chi connectivity index (χ4v) is 1.68. The van der Waals surface area contributed by atoms with Gasteiger partial charge in [0.1, 0.15) is 5.76 Å². The fraction of sp³-hybridized carbons (Fsp3) is 0.167. The van der Waals surface area contributed by atoms with E-state index in [2.05, 4.69) is 15.8 Å². The summed E-state index contributed by atoms with van der Waals surface area (Å²) in [6.45, 7) is 1.94. The number of nitrogens with zero attached hydrogens (tertiary/aromatic N) is 1. The second-order valence-electron chi connectivity index (χ2n) is 3.97. The van der Waals surface area contributed by atoms with E-state index >= 15 is 0 Å². The van der Waals surface area contributed by atoms with Gasteiger partial charge in [-0.25, -0.2) is 4.79 Å². The SMILES string of the molecule is Cc1cc(NC(=O)Nc2ccc3c(c2)OCO3)no1. The lowest BCUT2D eigenvalue weighted by molar-refractivity contribution is 0.174. The van der Waals surface area contributed by atoms with Crippen molar-refractivity contribution < 1.29 is 18.8 Å². The van der Waals surface area contributed by atoms with Gasteiger partial charge in [-0.05, 0) is 19.1 Å². The Morgan fingerprint density at radius 2 is 2.05 bits per heavy atom. The van der Waals surface area contributed by atoms with Crippen LogP contribution in [-0.4, -0.2) is 18.0 Å². The van der Waals surface area contributed by atoms with E-state index in [0.29, 0.717) is 28.8 Å². The van der Waals surface area contributed by atoms with E-state index in [1.807, 2.05) is 0 Å². The van der Waals surface area contributed by atoms with Crippen LogP contribution in [0.15, 0.2) is 28.8 Å². The molecule has 0 spiro atoms. The maximum atomic E-state index is 11.7. The molecule has 0 bridgehead atoms. The van der Waals surface area contributed by atoms with Gasteiger partial charge in [0, 0.05) is 17.8 Å². The summed E-state index contributed by atoms with van der Waals surface area (Å²) in [7, 11) is 0. The van der Waals surface area contributed by atoms with Crippen molar-refractivity contribution >= 4 is 17.5 Å². The van der Waals surface area contributed by atoms with Crippen molar-refractivity contribution in [2.75, 3.05) is 17.4 Å². The van der Waals surface area contributed by atoms with Crippen LogP contribution in [0.4, 0.5) is 16.3 Å². The lowest BCUT2D eigenvalue weighted by Gasteiger charge is -2.05. The second-order valence-corrected chi connectivity index (χ2v) is 3.97. The van der Waals surface area contributed by atoms with Crippen LogP contribution in [0.3, 0.4) is 0 Å². The molecule has 0 saturated carbocycles. The van der Waals surface area contributed by atoms with Crippen LogP contribution in [0.1, 0.15) is 5.76 Å². The summed E-state index contributed by atoms with van der Waals surface area (Å²) in [5.74, 6) is 2.25. The smallest absolute Gasteiger partial charge is 0.324 e. The Bertz CT molecular complexity index is 623. The maximum absolute atomic E-state index is 11.7. The largest absolute Gasteiger partial charge is 0.454 e. The average molecular weight is 261 g/mol. The van der Waals surface area contributed by atoms with E-state index in [0.717, 1.165) is 0 Å². The number of rotatable bonds is 2. The third-order valence-corrected chi connectivity index (χ3v) is 2.50. The maximum Gasteiger partial charge on any atom is 0.324 e. The normalized spacial score (nSPS) is 12.3. The first-order valence-electron chi connectivity index (χ1n) is 5.62. The summed E-state index contributed by atoms with van der Waals surface area (Å²) < 4.78 is 15.3. The van der Waals surface area contributed by atoms with Gasteiger partial charge in [-0.15, -0.1) is 0 Å². The first-order valence-corrected chi connectivity index (χ1v) is 5.62. The number of anilines is 2. The van der Waals surface area contributed by atoms with Gasteiger partial charge in [-0.2, -0.15) is 0 Å². The molecule has 7 heteroatoms. The Balaban J connectivity index is 1.66. The van der Waals surface area contributed by atoms with Gasteiger partial charge in [0.2, 0.25) is 6.79 Å². The molecular weight excluding hydrogens is 250 g/mol. The predicted octanol–water partition coefficient (Wildman–Crippen LogP) is 2.36. The molecule has 0 saturated heterocycles. The van der Waals surface area contributed by atoms with Gasteiger partial charge in [-0.1, -0.05) is 5.16 Å². The first kappa shape index (κ1) is 11.4. The third kappa shape index (κ3) is 2.44. The molecule has 0 aliphatic carbocycles. The van der Waals surface area contributed by atoms with E-state index < -0.39 is 6.03 Å². The summed E-state index contributed by atoms with van der Waals surface area (Å²) in [5.41, 5.74) is 0.599. The number of aryl methyl sites for hydroxylation is 1. The Morgan fingerprint density at radius 3 is 2.84 bits per heavy atom. The number of hydrogen-bond acceptors (Lipinski definition) is 5. The number of aromatic nitrogens is 1. The summed E-state index contributed by atoms with van der Waals surface area (Å²) in [6, 6.07) is 6.36. The number of carbonyl (C=O) groups excluding carboxylic acids is 1. The molecule has 19 heavy (non-hydrogen) atoms. The Morgan fingerprint density at radius 1 is 1.21 bits per heavy atom. The number of urea groups is 1. The first-order chi connectivity index (χ1) is 9.20. The lowest BCUT2D eigenvalue weighted by atomic mass is 10.3. The Labute approximate surface area is 108 Å². The molecule has 2 aromatic rings. The van der Waals surface area contributed by atoms with E-state index in [4.69, 9.17) is 14.0 Å². The molecule has 1 aliphatic rings. The molecule has 0 unspecified atom stereocenters. The van der Waals surface area contributed by atoms with Crippen LogP contribution >= 0.6 is 0 Å². The molecular formula is C12H11N3O4. The second kappa shape index (κ2) is 4.52. The number of ether oxygens (including phenoxy) is 2. The molecule has 1 aliphatic heterocycles. The number of fused-ring (bicyclic) bond motifs is 1. The number of nitrogens with one attached hydrogen (secondary N) is 2. The molecule has 2 N–H and O–H groups in total. The lowest BCUT2D eigenvalue weighted by Crippen LogP contribution is -2.19. The molecule has 7 nitrogen and oxygen atoms in total.